The molecule has 1 aliphatic heterocycles. The van der Waals surface area contributed by atoms with Crippen LogP contribution in [0.3, 0.4) is 0 Å². The molecule has 4 nitrogen and oxygen atoms in total. The molecule has 0 fully saturated rings. The van der Waals surface area contributed by atoms with Crippen molar-refractivity contribution in [2.75, 3.05) is 11.9 Å². The quantitative estimate of drug-likeness (QED) is 0.434. The van der Waals surface area contributed by atoms with E-state index in [9.17, 15) is 0 Å². The number of aryl methyl sites for hydroxylation is 1. The second-order valence-corrected chi connectivity index (χ2v) is 8.89. The first-order chi connectivity index (χ1) is 14.2. The van der Waals surface area contributed by atoms with E-state index in [1.54, 1.807) is 23.1 Å². The van der Waals surface area contributed by atoms with Crippen molar-refractivity contribution >= 4 is 50.8 Å². The first-order valence-electron chi connectivity index (χ1n) is 9.30. The molecular formula is C23H19N4S2+. The maximum atomic E-state index is 4.85. The van der Waals surface area contributed by atoms with Crippen LogP contribution >= 0.6 is 23.1 Å². The van der Waals surface area contributed by atoms with Crippen LogP contribution in [-0.2, 0) is 7.05 Å². The van der Waals surface area contributed by atoms with E-state index in [1.165, 1.54) is 21.5 Å². The minimum Gasteiger partial charge on any atom is -0.339 e. The maximum absolute atomic E-state index is 4.85. The average Bonchev–Trinajstić information content (AvgIpc) is 3.16. The Morgan fingerprint density at radius 2 is 1.93 bits per heavy atom. The molecule has 4 heterocycles. The van der Waals surface area contributed by atoms with Crippen molar-refractivity contribution in [1.82, 2.24) is 9.97 Å². The van der Waals surface area contributed by atoms with E-state index < -0.39 is 0 Å². The van der Waals surface area contributed by atoms with Crippen LogP contribution in [0.5, 0.6) is 0 Å². The number of allylic oxidation sites excluding steroid dienone is 2. The predicted octanol–water partition coefficient (Wildman–Crippen LogP) is 5.14. The Bertz CT molecular complexity index is 1260. The van der Waals surface area contributed by atoms with Gasteiger partial charge in [0, 0.05) is 30.6 Å². The topological polar surface area (TPSA) is 32.9 Å². The van der Waals surface area contributed by atoms with Crippen molar-refractivity contribution in [1.29, 1.82) is 0 Å². The third-order valence-corrected chi connectivity index (χ3v) is 6.86. The van der Waals surface area contributed by atoms with Crippen molar-refractivity contribution in [3.8, 4) is 0 Å². The fraction of sp³-hybridized carbons (Fsp3) is 0.0870. The molecule has 5 rings (SSSR count). The Hall–Kier alpha value is -2.96. The minimum atomic E-state index is 0.983. The highest BCUT2D eigenvalue weighted by atomic mass is 32.2. The van der Waals surface area contributed by atoms with Gasteiger partial charge >= 0.3 is 5.65 Å². The van der Waals surface area contributed by atoms with Gasteiger partial charge in [0.05, 0.1) is 18.3 Å². The van der Waals surface area contributed by atoms with E-state index in [0.29, 0.717) is 0 Å². The van der Waals surface area contributed by atoms with Crippen LogP contribution in [0.25, 0.3) is 22.0 Å². The van der Waals surface area contributed by atoms with E-state index in [4.69, 9.17) is 4.98 Å². The molecule has 0 bridgehead atoms. The fourth-order valence-electron chi connectivity index (χ4n) is 3.40. The zero-order chi connectivity index (χ0) is 19.8. The zero-order valence-electron chi connectivity index (χ0n) is 16.1. The van der Waals surface area contributed by atoms with Crippen molar-refractivity contribution in [3.05, 3.63) is 88.7 Å². The highest BCUT2D eigenvalue weighted by Crippen LogP contribution is 2.41. The van der Waals surface area contributed by atoms with Crippen LogP contribution < -0.4 is 9.47 Å². The summed E-state index contributed by atoms with van der Waals surface area (Å²) >= 11 is 3.39. The van der Waals surface area contributed by atoms with Gasteiger partial charge in [-0.3, -0.25) is 0 Å². The molecule has 4 aromatic rings. The summed E-state index contributed by atoms with van der Waals surface area (Å²) in [5.41, 5.74) is 4.58. The smallest absolute Gasteiger partial charge is 0.339 e. The van der Waals surface area contributed by atoms with Crippen LogP contribution in [0.4, 0.5) is 5.69 Å². The van der Waals surface area contributed by atoms with Crippen LogP contribution in [0, 0.1) is 0 Å². The number of para-hydroxylation sites is 1. The van der Waals surface area contributed by atoms with Crippen LogP contribution in [0.2, 0.25) is 0 Å². The molecule has 0 spiro atoms. The molecule has 6 heteroatoms. The Morgan fingerprint density at radius 1 is 1.07 bits per heavy atom. The third-order valence-electron chi connectivity index (χ3n) is 4.85. The second kappa shape index (κ2) is 7.46. The summed E-state index contributed by atoms with van der Waals surface area (Å²) < 4.78 is 3.25. The molecule has 0 unspecified atom stereocenters. The molecule has 0 radical (unpaired) electrons. The molecule has 0 saturated carbocycles. The number of aromatic nitrogens is 3. The number of hydrogen-bond acceptors (Lipinski definition) is 5. The number of nitrogens with zero attached hydrogens (tertiary/aromatic N) is 4. The Kier molecular flexibility index (Phi) is 4.66. The number of anilines is 1. The molecular weight excluding hydrogens is 396 g/mol. The van der Waals surface area contributed by atoms with Gasteiger partial charge in [0.15, 0.2) is 0 Å². The first kappa shape index (κ1) is 18.1. The highest BCUT2D eigenvalue weighted by Gasteiger charge is 2.22. The lowest BCUT2D eigenvalue weighted by atomic mass is 10.00. The number of rotatable bonds is 3. The molecule has 0 N–H and O–H groups in total. The summed E-state index contributed by atoms with van der Waals surface area (Å²) in [4.78, 5) is 11.6. The number of pyridine rings is 2. The third kappa shape index (κ3) is 3.45. The number of benzene rings is 1. The Labute approximate surface area is 177 Å². The lowest BCUT2D eigenvalue weighted by Gasteiger charge is -2.29. The van der Waals surface area contributed by atoms with E-state index in [-0.39, 0.29) is 0 Å². The largest absolute Gasteiger partial charge is 0.341 e. The van der Waals surface area contributed by atoms with Crippen LogP contribution in [-0.4, -0.2) is 17.0 Å². The summed E-state index contributed by atoms with van der Waals surface area (Å²) in [7, 11) is 4.14. The summed E-state index contributed by atoms with van der Waals surface area (Å²) in [6.45, 7) is 0. The van der Waals surface area contributed by atoms with Gasteiger partial charge in [-0.15, -0.1) is 0 Å². The lowest BCUT2D eigenvalue weighted by Crippen LogP contribution is -2.27. The monoisotopic (exact) mass is 415 g/mol. The zero-order valence-corrected chi connectivity index (χ0v) is 17.7. The Balaban J connectivity index is 1.61. The van der Waals surface area contributed by atoms with Crippen molar-refractivity contribution in [2.45, 2.75) is 5.03 Å². The molecule has 0 saturated heterocycles. The van der Waals surface area contributed by atoms with Crippen molar-refractivity contribution < 1.29 is 4.57 Å². The molecule has 1 aliphatic rings. The summed E-state index contributed by atoms with van der Waals surface area (Å²) in [5.74, 6) is 0. The summed E-state index contributed by atoms with van der Waals surface area (Å²) in [6, 6.07) is 18.7. The van der Waals surface area contributed by atoms with Gasteiger partial charge in [-0.2, -0.15) is 0 Å². The van der Waals surface area contributed by atoms with Gasteiger partial charge in [-0.05, 0) is 47.0 Å². The normalized spacial score (nSPS) is 14.9. The first-order valence-corrected chi connectivity index (χ1v) is 10.9. The minimum absolute atomic E-state index is 0.983. The molecule has 0 atom stereocenters. The Morgan fingerprint density at radius 3 is 2.76 bits per heavy atom. The molecule has 29 heavy (non-hydrogen) atoms. The van der Waals surface area contributed by atoms with Crippen molar-refractivity contribution in [2.24, 2.45) is 7.05 Å². The molecule has 142 valence electrons. The van der Waals surface area contributed by atoms with Gasteiger partial charge in [0.1, 0.15) is 9.73 Å². The van der Waals surface area contributed by atoms with E-state index in [1.807, 2.05) is 37.6 Å². The summed E-state index contributed by atoms with van der Waals surface area (Å²) in [5, 5.41) is 3.13. The van der Waals surface area contributed by atoms with Crippen molar-refractivity contribution in [3.63, 3.8) is 0 Å². The van der Waals surface area contributed by atoms with Gasteiger partial charge in [-0.1, -0.05) is 47.4 Å². The van der Waals surface area contributed by atoms with Crippen LogP contribution in [0.1, 0.15) is 10.6 Å². The van der Waals surface area contributed by atoms with E-state index in [0.717, 1.165) is 20.7 Å². The van der Waals surface area contributed by atoms with Gasteiger partial charge in [0.2, 0.25) is 5.01 Å². The highest BCUT2D eigenvalue weighted by molar-refractivity contribution is 8.03. The molecule has 0 amide bonds. The van der Waals surface area contributed by atoms with Gasteiger partial charge in [-0.25, -0.2) is 9.55 Å². The predicted molar refractivity (Wildman–Crippen MR) is 122 cm³/mol. The number of hydrogen-bond donors (Lipinski definition) is 0. The summed E-state index contributed by atoms with van der Waals surface area (Å²) in [6.07, 6.45) is 8.28. The van der Waals surface area contributed by atoms with Gasteiger partial charge < -0.3 is 4.90 Å². The standard InChI is InChI=1S/C23H19N4S2/c1-26-13-7-10-19-23(26)25-21(28-19)14-16-15-22(29-20-11-5-6-12-24-20)27(2)18-9-4-3-8-17(16)18/h3-15H,1-2H3/q+1. The second-order valence-electron chi connectivity index (χ2n) is 6.79. The van der Waals surface area contributed by atoms with Gasteiger partial charge in [0.25, 0.3) is 0 Å². The van der Waals surface area contributed by atoms with E-state index in [2.05, 4.69) is 70.0 Å². The number of thiazole rings is 1. The average molecular weight is 416 g/mol. The fourth-order valence-corrected chi connectivity index (χ4v) is 5.26. The lowest BCUT2D eigenvalue weighted by molar-refractivity contribution is -0.646. The molecule has 1 aromatic carbocycles. The SMILES string of the molecule is CN1C(Sc2ccccn2)=C/C(=C\c2nc3c(ccc[n+]3C)s2)c2ccccc21. The maximum Gasteiger partial charge on any atom is 0.341 e. The molecule has 3 aromatic heterocycles. The molecule has 0 aliphatic carbocycles. The number of fused-ring (bicyclic) bond motifs is 2. The number of thioether (sulfide) groups is 1. The van der Waals surface area contributed by atoms with Crippen LogP contribution in [0.15, 0.2) is 83.1 Å². The van der Waals surface area contributed by atoms with E-state index >= 15 is 0 Å².